The van der Waals surface area contributed by atoms with Crippen LogP contribution in [-0.4, -0.2) is 35.7 Å². The maximum Gasteiger partial charge on any atom is 0.252 e. The number of hydrogen-bond donors (Lipinski definition) is 2. The molecule has 3 atom stereocenters. The Labute approximate surface area is 189 Å². The maximum atomic E-state index is 13.6. The number of hydrogen-bond acceptors (Lipinski definition) is 3. The second kappa shape index (κ2) is 9.55. The Morgan fingerprint density at radius 3 is 2.44 bits per heavy atom. The lowest BCUT2D eigenvalue weighted by atomic mass is 9.79. The van der Waals surface area contributed by atoms with Crippen LogP contribution in [0.4, 0.5) is 0 Å². The standard InChI is InChI=1S/C26H31N3O3/c1-17-8-2-4-10-19(17)26(32)29-15-14-18-9-3-5-11-20(18)23(29)16-28-25(31)22-13-7-6-12-21(22)24(27)30/h3,5-7,9,11-13,17,19,23H,2,4,8,10,14-16H2,1H3,(H2,27,30)(H,28,31). The number of nitrogens with two attached hydrogens (primary N) is 1. The number of carbonyl (C=O) groups excluding carboxylic acids is 3. The molecule has 4 rings (SSSR count). The fraction of sp³-hybridized carbons (Fsp3) is 0.423. The highest BCUT2D eigenvalue weighted by atomic mass is 16.2. The molecule has 1 fully saturated rings. The number of nitrogens with zero attached hydrogens (tertiary/aromatic N) is 1. The van der Waals surface area contributed by atoms with Crippen molar-refractivity contribution >= 4 is 17.7 Å². The van der Waals surface area contributed by atoms with E-state index in [4.69, 9.17) is 5.73 Å². The highest BCUT2D eigenvalue weighted by molar-refractivity contribution is 6.06. The molecule has 0 aromatic heterocycles. The smallest absolute Gasteiger partial charge is 0.252 e. The quantitative estimate of drug-likeness (QED) is 0.756. The number of nitrogens with one attached hydrogen (secondary N) is 1. The van der Waals surface area contributed by atoms with Crippen LogP contribution in [0.2, 0.25) is 0 Å². The fourth-order valence-electron chi connectivity index (χ4n) is 5.21. The predicted molar refractivity (Wildman–Crippen MR) is 123 cm³/mol. The summed E-state index contributed by atoms with van der Waals surface area (Å²) in [5.41, 5.74) is 8.18. The van der Waals surface area contributed by atoms with Crippen molar-refractivity contribution in [2.24, 2.45) is 17.6 Å². The van der Waals surface area contributed by atoms with Gasteiger partial charge in [0.15, 0.2) is 0 Å². The van der Waals surface area contributed by atoms with Crippen LogP contribution in [-0.2, 0) is 11.2 Å². The minimum absolute atomic E-state index is 0.0443. The Bertz CT molecular complexity index is 1020. The third-order valence-electron chi connectivity index (χ3n) is 7.02. The molecule has 3 N–H and O–H groups in total. The van der Waals surface area contributed by atoms with E-state index in [1.807, 2.05) is 23.1 Å². The molecular formula is C26H31N3O3. The predicted octanol–water partition coefficient (Wildman–Crippen LogP) is 3.47. The fourth-order valence-corrected chi connectivity index (χ4v) is 5.21. The number of amides is 3. The van der Waals surface area contributed by atoms with Gasteiger partial charge in [0.05, 0.1) is 17.2 Å². The Morgan fingerprint density at radius 2 is 1.69 bits per heavy atom. The van der Waals surface area contributed by atoms with Gasteiger partial charge in [-0.1, -0.05) is 56.2 Å². The first kappa shape index (κ1) is 22.1. The summed E-state index contributed by atoms with van der Waals surface area (Å²) < 4.78 is 0. The Balaban J connectivity index is 1.58. The van der Waals surface area contributed by atoms with Gasteiger partial charge in [-0.25, -0.2) is 0 Å². The van der Waals surface area contributed by atoms with Gasteiger partial charge in [-0.3, -0.25) is 14.4 Å². The number of rotatable bonds is 5. The van der Waals surface area contributed by atoms with Gasteiger partial charge in [-0.2, -0.15) is 0 Å². The molecule has 2 aliphatic rings. The Morgan fingerprint density at radius 1 is 1.00 bits per heavy atom. The second-order valence-corrected chi connectivity index (χ2v) is 8.98. The van der Waals surface area contributed by atoms with Crippen molar-refractivity contribution in [2.45, 2.75) is 45.1 Å². The zero-order chi connectivity index (χ0) is 22.7. The highest BCUT2D eigenvalue weighted by Crippen LogP contribution is 2.36. The van der Waals surface area contributed by atoms with Gasteiger partial charge < -0.3 is 16.0 Å². The van der Waals surface area contributed by atoms with Crippen LogP contribution in [0.15, 0.2) is 48.5 Å². The summed E-state index contributed by atoms with van der Waals surface area (Å²) in [5.74, 6) is -0.375. The van der Waals surface area contributed by atoms with E-state index in [9.17, 15) is 14.4 Å². The van der Waals surface area contributed by atoms with Gasteiger partial charge in [0.25, 0.3) is 5.91 Å². The summed E-state index contributed by atoms with van der Waals surface area (Å²) in [6, 6.07) is 14.4. The van der Waals surface area contributed by atoms with Crippen molar-refractivity contribution in [3.63, 3.8) is 0 Å². The number of benzene rings is 2. The molecule has 168 valence electrons. The number of carbonyl (C=O) groups is 3. The summed E-state index contributed by atoms with van der Waals surface area (Å²) in [6.07, 6.45) is 5.12. The van der Waals surface area contributed by atoms with Crippen LogP contribution in [0.5, 0.6) is 0 Å². The van der Waals surface area contributed by atoms with E-state index in [-0.39, 0.29) is 41.4 Å². The topological polar surface area (TPSA) is 92.5 Å². The zero-order valence-electron chi connectivity index (χ0n) is 18.5. The van der Waals surface area contributed by atoms with Crippen molar-refractivity contribution in [1.82, 2.24) is 10.2 Å². The largest absolute Gasteiger partial charge is 0.366 e. The van der Waals surface area contributed by atoms with Crippen molar-refractivity contribution in [2.75, 3.05) is 13.1 Å². The molecular weight excluding hydrogens is 402 g/mol. The molecule has 2 aromatic rings. The average molecular weight is 434 g/mol. The summed E-state index contributed by atoms with van der Waals surface area (Å²) in [4.78, 5) is 40.2. The first-order valence-electron chi connectivity index (χ1n) is 11.5. The van der Waals surface area contributed by atoms with Gasteiger partial charge in [0.2, 0.25) is 11.8 Å². The van der Waals surface area contributed by atoms with E-state index in [0.29, 0.717) is 12.5 Å². The zero-order valence-corrected chi connectivity index (χ0v) is 18.5. The molecule has 3 unspecified atom stereocenters. The minimum Gasteiger partial charge on any atom is -0.366 e. The maximum absolute atomic E-state index is 13.6. The van der Waals surface area contributed by atoms with Crippen molar-refractivity contribution in [1.29, 1.82) is 0 Å². The third-order valence-corrected chi connectivity index (χ3v) is 7.02. The van der Waals surface area contributed by atoms with Crippen LogP contribution in [0.25, 0.3) is 0 Å². The Hall–Kier alpha value is -3.15. The molecule has 1 saturated carbocycles. The molecule has 1 aliphatic heterocycles. The minimum atomic E-state index is -0.637. The molecule has 0 spiro atoms. The average Bonchev–Trinajstić information content (AvgIpc) is 2.82. The van der Waals surface area contributed by atoms with Crippen LogP contribution in [0.1, 0.15) is 70.5 Å². The Kier molecular flexibility index (Phi) is 6.58. The van der Waals surface area contributed by atoms with Crippen LogP contribution >= 0.6 is 0 Å². The van der Waals surface area contributed by atoms with E-state index in [1.165, 1.54) is 12.0 Å². The summed E-state index contributed by atoms with van der Waals surface area (Å²) >= 11 is 0. The molecule has 6 nitrogen and oxygen atoms in total. The molecule has 0 bridgehead atoms. The first-order valence-corrected chi connectivity index (χ1v) is 11.5. The van der Waals surface area contributed by atoms with E-state index in [2.05, 4.69) is 18.3 Å². The van der Waals surface area contributed by atoms with Crippen molar-refractivity contribution < 1.29 is 14.4 Å². The van der Waals surface area contributed by atoms with Gasteiger partial charge in [-0.05, 0) is 48.4 Å². The van der Waals surface area contributed by atoms with E-state index in [0.717, 1.165) is 31.2 Å². The molecule has 32 heavy (non-hydrogen) atoms. The summed E-state index contributed by atoms with van der Waals surface area (Å²) in [6.45, 7) is 3.12. The number of primary amides is 1. The molecule has 3 amide bonds. The molecule has 1 aliphatic carbocycles. The van der Waals surface area contributed by atoms with Crippen molar-refractivity contribution in [3.05, 3.63) is 70.8 Å². The van der Waals surface area contributed by atoms with E-state index < -0.39 is 5.91 Å². The molecule has 1 heterocycles. The van der Waals surface area contributed by atoms with Gasteiger partial charge in [0.1, 0.15) is 0 Å². The third kappa shape index (κ3) is 4.40. The van der Waals surface area contributed by atoms with E-state index in [1.54, 1.807) is 24.3 Å². The lowest BCUT2D eigenvalue weighted by Crippen LogP contribution is -2.48. The summed E-state index contributed by atoms with van der Waals surface area (Å²) in [7, 11) is 0. The lowest BCUT2D eigenvalue weighted by molar-refractivity contribution is -0.141. The summed E-state index contributed by atoms with van der Waals surface area (Å²) in [5, 5.41) is 2.96. The van der Waals surface area contributed by atoms with Gasteiger partial charge in [-0.15, -0.1) is 0 Å². The molecule has 0 radical (unpaired) electrons. The number of fused-ring (bicyclic) bond motifs is 1. The first-order chi connectivity index (χ1) is 15.5. The van der Waals surface area contributed by atoms with Crippen LogP contribution in [0, 0.1) is 11.8 Å². The van der Waals surface area contributed by atoms with Gasteiger partial charge >= 0.3 is 0 Å². The SMILES string of the molecule is CC1CCCCC1C(=O)N1CCc2ccccc2C1CNC(=O)c1ccccc1C(N)=O. The second-order valence-electron chi connectivity index (χ2n) is 8.98. The molecule has 2 aromatic carbocycles. The van der Waals surface area contributed by atoms with Crippen molar-refractivity contribution in [3.8, 4) is 0 Å². The highest BCUT2D eigenvalue weighted by Gasteiger charge is 2.37. The van der Waals surface area contributed by atoms with E-state index >= 15 is 0 Å². The van der Waals surface area contributed by atoms with Crippen LogP contribution in [0.3, 0.4) is 0 Å². The van der Waals surface area contributed by atoms with Gasteiger partial charge in [0, 0.05) is 19.0 Å². The molecule has 6 heteroatoms. The normalized spacial score (nSPS) is 22.7. The monoisotopic (exact) mass is 433 g/mol. The lowest BCUT2D eigenvalue weighted by Gasteiger charge is -2.41. The van der Waals surface area contributed by atoms with Crippen LogP contribution < -0.4 is 11.1 Å². The molecule has 0 saturated heterocycles.